The summed E-state index contributed by atoms with van der Waals surface area (Å²) in [7, 11) is 1.95. The largest absolute Gasteiger partial charge is 0.322 e. The number of hydrazone groups is 1. The number of nitrogens with one attached hydrogen (secondary N) is 1. The number of para-hydroxylation sites is 2. The number of carbonyl (C=O) groups excluding carboxylic acids is 1. The first-order chi connectivity index (χ1) is 11.6. The number of amides is 1. The summed E-state index contributed by atoms with van der Waals surface area (Å²) in [4.78, 5) is 16.5. The van der Waals surface area contributed by atoms with Gasteiger partial charge < -0.3 is 4.57 Å². The number of carbonyl (C=O) groups is 1. The Hall–Kier alpha value is -2.60. The maximum Gasteiger partial charge on any atom is 0.250 e. The van der Waals surface area contributed by atoms with E-state index in [0.717, 1.165) is 27.5 Å². The van der Waals surface area contributed by atoms with E-state index in [1.807, 2.05) is 73.1 Å². The second-order valence-electron chi connectivity index (χ2n) is 5.33. The van der Waals surface area contributed by atoms with E-state index >= 15 is 0 Å². The van der Waals surface area contributed by atoms with Gasteiger partial charge in [0.1, 0.15) is 0 Å². The fraction of sp³-hybridized carbons (Fsp3) is 0.167. The average molecular weight is 338 g/mol. The predicted molar refractivity (Wildman–Crippen MR) is 98.2 cm³/mol. The van der Waals surface area contributed by atoms with E-state index in [1.165, 1.54) is 11.8 Å². The van der Waals surface area contributed by atoms with Crippen molar-refractivity contribution in [3.8, 4) is 0 Å². The van der Waals surface area contributed by atoms with Gasteiger partial charge in [0.05, 0.1) is 22.5 Å². The molecule has 3 aromatic rings. The quantitative estimate of drug-likeness (QED) is 0.441. The number of thioether (sulfide) groups is 1. The molecule has 0 bridgehead atoms. The molecule has 0 unspecified atom stereocenters. The molecule has 5 nitrogen and oxygen atoms in total. The van der Waals surface area contributed by atoms with Crippen molar-refractivity contribution < 1.29 is 4.79 Å². The molecule has 0 spiro atoms. The van der Waals surface area contributed by atoms with Crippen LogP contribution in [0.1, 0.15) is 12.5 Å². The van der Waals surface area contributed by atoms with Crippen molar-refractivity contribution in [3.63, 3.8) is 0 Å². The molecule has 2 aromatic carbocycles. The van der Waals surface area contributed by atoms with Gasteiger partial charge in [0.2, 0.25) is 0 Å². The Bertz CT molecular complexity index is 886. The van der Waals surface area contributed by atoms with E-state index in [2.05, 4.69) is 15.5 Å². The highest BCUT2D eigenvalue weighted by Crippen LogP contribution is 2.22. The summed E-state index contributed by atoms with van der Waals surface area (Å²) < 4.78 is 1.99. The van der Waals surface area contributed by atoms with Gasteiger partial charge in [-0.3, -0.25) is 4.79 Å². The van der Waals surface area contributed by atoms with Gasteiger partial charge in [-0.25, -0.2) is 10.4 Å². The molecular weight excluding hydrogens is 320 g/mol. The van der Waals surface area contributed by atoms with Crippen molar-refractivity contribution in [3.05, 3.63) is 60.2 Å². The summed E-state index contributed by atoms with van der Waals surface area (Å²) in [5, 5.41) is 4.96. The van der Waals surface area contributed by atoms with Gasteiger partial charge >= 0.3 is 0 Å². The van der Waals surface area contributed by atoms with Crippen LogP contribution in [0.2, 0.25) is 0 Å². The Labute approximate surface area is 144 Å². The Morgan fingerprint density at radius 2 is 1.88 bits per heavy atom. The molecule has 0 aliphatic heterocycles. The number of aromatic nitrogens is 2. The smallest absolute Gasteiger partial charge is 0.250 e. The molecule has 0 saturated carbocycles. The molecule has 1 N–H and O–H groups in total. The van der Waals surface area contributed by atoms with Crippen molar-refractivity contribution >= 4 is 34.4 Å². The van der Waals surface area contributed by atoms with Gasteiger partial charge in [-0.1, -0.05) is 54.2 Å². The molecule has 0 saturated heterocycles. The molecule has 1 amide bonds. The molecule has 1 heterocycles. The zero-order valence-corrected chi connectivity index (χ0v) is 14.4. The number of rotatable bonds is 5. The summed E-state index contributed by atoms with van der Waals surface area (Å²) in [6, 6.07) is 17.7. The van der Waals surface area contributed by atoms with E-state index in [9.17, 15) is 4.79 Å². The number of benzene rings is 2. The Kier molecular flexibility index (Phi) is 4.96. The van der Waals surface area contributed by atoms with Crippen molar-refractivity contribution in [1.29, 1.82) is 0 Å². The minimum atomic E-state index is -0.151. The van der Waals surface area contributed by atoms with Gasteiger partial charge in [-0.2, -0.15) is 5.10 Å². The van der Waals surface area contributed by atoms with Gasteiger partial charge in [0.25, 0.3) is 5.91 Å². The van der Waals surface area contributed by atoms with Gasteiger partial charge in [-0.15, -0.1) is 0 Å². The number of nitrogens with zero attached hydrogens (tertiary/aromatic N) is 3. The molecule has 1 aromatic heterocycles. The first kappa shape index (κ1) is 16.3. The second-order valence-corrected chi connectivity index (χ2v) is 6.27. The zero-order chi connectivity index (χ0) is 16.9. The highest BCUT2D eigenvalue weighted by atomic mass is 32.2. The molecule has 6 heteroatoms. The number of hydrogen-bond donors (Lipinski definition) is 1. The van der Waals surface area contributed by atoms with Gasteiger partial charge in [-0.05, 0) is 24.6 Å². The summed E-state index contributed by atoms with van der Waals surface area (Å²) in [5.74, 6) is 0.116. The van der Waals surface area contributed by atoms with Crippen molar-refractivity contribution in [1.82, 2.24) is 15.0 Å². The Morgan fingerprint density at radius 1 is 1.17 bits per heavy atom. The minimum Gasteiger partial charge on any atom is -0.322 e. The minimum absolute atomic E-state index is 0.151. The van der Waals surface area contributed by atoms with Crippen molar-refractivity contribution in [2.75, 3.05) is 5.75 Å². The summed E-state index contributed by atoms with van der Waals surface area (Å²) in [6.07, 6.45) is 0. The normalized spacial score (nSPS) is 11.7. The molecule has 0 fully saturated rings. The molecule has 0 aliphatic carbocycles. The zero-order valence-electron chi connectivity index (χ0n) is 13.6. The first-order valence-electron chi connectivity index (χ1n) is 7.58. The molecule has 0 aliphatic rings. The summed E-state index contributed by atoms with van der Waals surface area (Å²) in [6.45, 7) is 1.87. The number of hydrogen-bond acceptors (Lipinski definition) is 4. The molecule has 0 atom stereocenters. The fourth-order valence-electron chi connectivity index (χ4n) is 2.30. The van der Waals surface area contributed by atoms with Crippen LogP contribution >= 0.6 is 11.8 Å². The maximum absolute atomic E-state index is 12.0. The van der Waals surface area contributed by atoms with Crippen LogP contribution in [0.25, 0.3) is 11.0 Å². The predicted octanol–water partition coefficient (Wildman–Crippen LogP) is 3.21. The van der Waals surface area contributed by atoms with Crippen molar-refractivity contribution in [2.45, 2.75) is 12.1 Å². The van der Waals surface area contributed by atoms with E-state index in [0.29, 0.717) is 0 Å². The third-order valence-electron chi connectivity index (χ3n) is 3.62. The molecular formula is C18H18N4OS. The van der Waals surface area contributed by atoms with Crippen LogP contribution in [-0.2, 0) is 11.8 Å². The standard InChI is InChI=1S/C18H18N4OS/c1-13(14-8-4-3-5-9-14)20-21-17(23)12-24-18-19-15-10-6-7-11-16(15)22(18)2/h3-11H,12H2,1-2H3,(H,21,23)/b20-13+. The second kappa shape index (κ2) is 7.31. The van der Waals surface area contributed by atoms with Crippen molar-refractivity contribution in [2.24, 2.45) is 12.1 Å². The van der Waals surface area contributed by atoms with Crippen LogP contribution in [0.3, 0.4) is 0 Å². The molecule has 0 radical (unpaired) electrons. The highest BCUT2D eigenvalue weighted by Gasteiger charge is 2.10. The van der Waals surface area contributed by atoms with Crippen LogP contribution in [-0.4, -0.2) is 26.9 Å². The maximum atomic E-state index is 12.0. The van der Waals surface area contributed by atoms with E-state index < -0.39 is 0 Å². The SMILES string of the molecule is C/C(=N\NC(=O)CSc1nc2ccccc2n1C)c1ccccc1. The third kappa shape index (κ3) is 3.65. The van der Waals surface area contributed by atoms with Gasteiger partial charge in [0.15, 0.2) is 5.16 Å². The lowest BCUT2D eigenvalue weighted by Gasteiger charge is -2.03. The van der Waals surface area contributed by atoms with Crippen LogP contribution in [0, 0.1) is 0 Å². The van der Waals surface area contributed by atoms with Crippen LogP contribution in [0.15, 0.2) is 64.9 Å². The average Bonchev–Trinajstić information content (AvgIpc) is 2.95. The number of imidazole rings is 1. The fourth-order valence-corrected chi connectivity index (χ4v) is 3.08. The monoisotopic (exact) mass is 338 g/mol. The highest BCUT2D eigenvalue weighted by molar-refractivity contribution is 7.99. The molecule has 24 heavy (non-hydrogen) atoms. The van der Waals surface area contributed by atoms with E-state index in [-0.39, 0.29) is 11.7 Å². The Balaban J connectivity index is 1.60. The topological polar surface area (TPSA) is 59.3 Å². The summed E-state index contributed by atoms with van der Waals surface area (Å²) in [5.41, 5.74) is 6.34. The molecule has 122 valence electrons. The lowest BCUT2D eigenvalue weighted by Crippen LogP contribution is -2.21. The number of fused-ring (bicyclic) bond motifs is 1. The van der Waals surface area contributed by atoms with E-state index in [4.69, 9.17) is 0 Å². The van der Waals surface area contributed by atoms with E-state index in [1.54, 1.807) is 0 Å². The van der Waals surface area contributed by atoms with Crippen LogP contribution < -0.4 is 5.43 Å². The third-order valence-corrected chi connectivity index (χ3v) is 4.65. The summed E-state index contributed by atoms with van der Waals surface area (Å²) >= 11 is 1.40. The molecule has 3 rings (SSSR count). The van der Waals surface area contributed by atoms with Gasteiger partial charge in [0, 0.05) is 7.05 Å². The van der Waals surface area contributed by atoms with Crippen LogP contribution in [0.5, 0.6) is 0 Å². The first-order valence-corrected chi connectivity index (χ1v) is 8.56. The number of aryl methyl sites for hydroxylation is 1. The van der Waals surface area contributed by atoms with Crippen LogP contribution in [0.4, 0.5) is 0 Å². The lowest BCUT2D eigenvalue weighted by atomic mass is 10.1. The lowest BCUT2D eigenvalue weighted by molar-refractivity contribution is -0.118. The Morgan fingerprint density at radius 3 is 2.62 bits per heavy atom.